The zero-order chi connectivity index (χ0) is 13.9. The molecular weight excluding hydrogens is 268 g/mol. The molecule has 2 aromatic heterocycles. The SMILES string of the molecule is CCNCc1c(N(C)C2CCCCC2)nc2sccn12. The number of nitrogens with zero attached hydrogens (tertiary/aromatic N) is 3. The number of rotatable bonds is 5. The van der Waals surface area contributed by atoms with Crippen molar-refractivity contribution in [1.29, 1.82) is 0 Å². The van der Waals surface area contributed by atoms with Gasteiger partial charge in [0.2, 0.25) is 0 Å². The molecule has 1 aliphatic carbocycles. The summed E-state index contributed by atoms with van der Waals surface area (Å²) >= 11 is 1.72. The van der Waals surface area contributed by atoms with E-state index in [-0.39, 0.29) is 0 Å². The molecule has 2 aromatic rings. The highest BCUT2D eigenvalue weighted by molar-refractivity contribution is 7.15. The molecule has 0 amide bonds. The Morgan fingerprint density at radius 3 is 2.95 bits per heavy atom. The monoisotopic (exact) mass is 292 g/mol. The van der Waals surface area contributed by atoms with Crippen LogP contribution in [0.3, 0.4) is 0 Å². The van der Waals surface area contributed by atoms with Gasteiger partial charge in [-0.05, 0) is 19.4 Å². The minimum atomic E-state index is 0.661. The number of anilines is 1. The van der Waals surface area contributed by atoms with Gasteiger partial charge in [-0.15, -0.1) is 11.3 Å². The molecule has 1 N–H and O–H groups in total. The van der Waals surface area contributed by atoms with E-state index >= 15 is 0 Å². The number of hydrogen-bond donors (Lipinski definition) is 1. The van der Waals surface area contributed by atoms with Crippen LogP contribution in [0.15, 0.2) is 11.6 Å². The lowest BCUT2D eigenvalue weighted by Gasteiger charge is -2.32. The average Bonchev–Trinajstić information content (AvgIpc) is 3.06. The third-order valence-corrected chi connectivity index (χ3v) is 5.10. The highest BCUT2D eigenvalue weighted by Crippen LogP contribution is 2.29. The summed E-state index contributed by atoms with van der Waals surface area (Å²) in [7, 11) is 2.22. The van der Waals surface area contributed by atoms with Crippen LogP contribution in [0.2, 0.25) is 0 Å². The molecular formula is C15H24N4S. The van der Waals surface area contributed by atoms with E-state index < -0.39 is 0 Å². The molecule has 1 fully saturated rings. The fraction of sp³-hybridized carbons (Fsp3) is 0.667. The Hall–Kier alpha value is -1.07. The molecule has 0 atom stereocenters. The Balaban J connectivity index is 1.90. The predicted molar refractivity (Wildman–Crippen MR) is 85.7 cm³/mol. The largest absolute Gasteiger partial charge is 0.355 e. The topological polar surface area (TPSA) is 32.6 Å². The van der Waals surface area contributed by atoms with Crippen molar-refractivity contribution < 1.29 is 0 Å². The maximum absolute atomic E-state index is 4.87. The van der Waals surface area contributed by atoms with Crippen LogP contribution >= 0.6 is 11.3 Å². The van der Waals surface area contributed by atoms with Crippen LogP contribution < -0.4 is 10.2 Å². The van der Waals surface area contributed by atoms with E-state index in [1.54, 1.807) is 11.3 Å². The summed E-state index contributed by atoms with van der Waals surface area (Å²) in [4.78, 5) is 8.40. The molecule has 1 saturated carbocycles. The van der Waals surface area contributed by atoms with Gasteiger partial charge in [0.25, 0.3) is 0 Å². The maximum atomic E-state index is 4.87. The zero-order valence-corrected chi connectivity index (χ0v) is 13.2. The number of fused-ring (bicyclic) bond motifs is 1. The van der Waals surface area contributed by atoms with E-state index in [1.165, 1.54) is 43.6 Å². The maximum Gasteiger partial charge on any atom is 0.195 e. The lowest BCUT2D eigenvalue weighted by molar-refractivity contribution is 0.425. The molecule has 0 saturated heterocycles. The highest BCUT2D eigenvalue weighted by Gasteiger charge is 2.23. The summed E-state index contributed by atoms with van der Waals surface area (Å²) in [5.41, 5.74) is 1.30. The number of nitrogens with one attached hydrogen (secondary N) is 1. The molecule has 0 radical (unpaired) electrons. The number of aromatic nitrogens is 2. The molecule has 20 heavy (non-hydrogen) atoms. The van der Waals surface area contributed by atoms with Crippen LogP contribution in [-0.2, 0) is 6.54 Å². The van der Waals surface area contributed by atoms with Gasteiger partial charge in [0, 0.05) is 31.2 Å². The highest BCUT2D eigenvalue weighted by atomic mass is 32.1. The second-order valence-electron chi connectivity index (χ2n) is 5.62. The minimum Gasteiger partial charge on any atom is -0.355 e. The smallest absolute Gasteiger partial charge is 0.195 e. The van der Waals surface area contributed by atoms with E-state index in [2.05, 4.69) is 40.2 Å². The van der Waals surface area contributed by atoms with Gasteiger partial charge < -0.3 is 10.2 Å². The number of thiazole rings is 1. The van der Waals surface area contributed by atoms with Gasteiger partial charge in [0.15, 0.2) is 10.8 Å². The predicted octanol–water partition coefficient (Wildman–Crippen LogP) is 3.27. The van der Waals surface area contributed by atoms with Crippen LogP contribution in [0.4, 0.5) is 5.82 Å². The minimum absolute atomic E-state index is 0.661. The van der Waals surface area contributed by atoms with Crippen LogP contribution in [-0.4, -0.2) is 29.0 Å². The Kier molecular flexibility index (Phi) is 4.27. The lowest BCUT2D eigenvalue weighted by atomic mass is 9.94. The molecule has 0 spiro atoms. The fourth-order valence-electron chi connectivity index (χ4n) is 3.15. The number of imidazole rings is 1. The van der Waals surface area contributed by atoms with Crippen molar-refractivity contribution >= 4 is 22.1 Å². The van der Waals surface area contributed by atoms with Crippen molar-refractivity contribution in [2.75, 3.05) is 18.5 Å². The Bertz CT molecular complexity index is 553. The fourth-order valence-corrected chi connectivity index (χ4v) is 3.88. The molecule has 2 heterocycles. The lowest BCUT2D eigenvalue weighted by Crippen LogP contribution is -2.34. The quantitative estimate of drug-likeness (QED) is 0.918. The van der Waals surface area contributed by atoms with E-state index in [4.69, 9.17) is 4.98 Å². The van der Waals surface area contributed by atoms with E-state index in [9.17, 15) is 0 Å². The molecule has 0 aliphatic heterocycles. The van der Waals surface area contributed by atoms with E-state index in [1.807, 2.05) is 0 Å². The Morgan fingerprint density at radius 1 is 1.40 bits per heavy atom. The van der Waals surface area contributed by atoms with Gasteiger partial charge in [-0.25, -0.2) is 4.98 Å². The van der Waals surface area contributed by atoms with Gasteiger partial charge in [-0.2, -0.15) is 0 Å². The van der Waals surface area contributed by atoms with Gasteiger partial charge in [-0.3, -0.25) is 4.40 Å². The van der Waals surface area contributed by atoms with Crippen LogP contribution in [0.25, 0.3) is 4.96 Å². The number of hydrogen-bond acceptors (Lipinski definition) is 4. The summed E-state index contributed by atoms with van der Waals surface area (Å²) in [5, 5.41) is 5.56. The molecule has 1 aliphatic rings. The Labute approximate surface area is 124 Å². The van der Waals surface area contributed by atoms with Gasteiger partial charge in [0.05, 0.1) is 5.69 Å². The standard InChI is InChI=1S/C15H24N4S/c1-3-16-11-13-14(17-15-19(13)9-10-20-15)18(2)12-7-5-4-6-8-12/h9-10,12,16H,3-8,11H2,1-2H3. The first-order valence-electron chi connectivity index (χ1n) is 7.69. The average molecular weight is 292 g/mol. The van der Waals surface area contributed by atoms with E-state index in [0.717, 1.165) is 18.1 Å². The third-order valence-electron chi connectivity index (χ3n) is 4.34. The van der Waals surface area contributed by atoms with E-state index in [0.29, 0.717) is 6.04 Å². The Morgan fingerprint density at radius 2 is 2.20 bits per heavy atom. The summed E-state index contributed by atoms with van der Waals surface area (Å²) in [5.74, 6) is 1.17. The van der Waals surface area contributed by atoms with Crippen LogP contribution in [0.1, 0.15) is 44.7 Å². The summed E-state index contributed by atoms with van der Waals surface area (Å²) < 4.78 is 2.24. The van der Waals surface area contributed by atoms with Crippen molar-refractivity contribution in [3.63, 3.8) is 0 Å². The van der Waals surface area contributed by atoms with Gasteiger partial charge in [0.1, 0.15) is 0 Å². The molecule has 3 rings (SSSR count). The molecule has 4 nitrogen and oxygen atoms in total. The normalized spacial score (nSPS) is 16.9. The van der Waals surface area contributed by atoms with Crippen LogP contribution in [0.5, 0.6) is 0 Å². The molecule has 110 valence electrons. The summed E-state index contributed by atoms with van der Waals surface area (Å²) in [6.07, 6.45) is 8.87. The first-order valence-corrected chi connectivity index (χ1v) is 8.57. The van der Waals surface area contributed by atoms with Crippen molar-refractivity contribution in [3.05, 3.63) is 17.3 Å². The molecule has 0 unspecified atom stereocenters. The molecule has 0 bridgehead atoms. The summed E-state index contributed by atoms with van der Waals surface area (Å²) in [6, 6.07) is 0.661. The van der Waals surface area contributed by atoms with Crippen molar-refractivity contribution in [3.8, 4) is 0 Å². The van der Waals surface area contributed by atoms with Crippen LogP contribution in [0, 0.1) is 0 Å². The zero-order valence-electron chi connectivity index (χ0n) is 12.4. The third kappa shape index (κ3) is 2.56. The second kappa shape index (κ2) is 6.14. The first kappa shape index (κ1) is 13.9. The van der Waals surface area contributed by atoms with Crippen molar-refractivity contribution in [2.24, 2.45) is 0 Å². The van der Waals surface area contributed by atoms with Crippen molar-refractivity contribution in [2.45, 2.75) is 51.6 Å². The van der Waals surface area contributed by atoms with Crippen molar-refractivity contribution in [1.82, 2.24) is 14.7 Å². The first-order chi connectivity index (χ1) is 9.81. The molecule has 5 heteroatoms. The second-order valence-corrected chi connectivity index (χ2v) is 6.49. The van der Waals surface area contributed by atoms with Gasteiger partial charge >= 0.3 is 0 Å². The summed E-state index contributed by atoms with van der Waals surface area (Å²) in [6.45, 7) is 4.03. The van der Waals surface area contributed by atoms with Gasteiger partial charge in [-0.1, -0.05) is 26.2 Å². The molecule has 0 aromatic carbocycles.